The van der Waals surface area contributed by atoms with Crippen molar-refractivity contribution in [2.24, 2.45) is 0 Å². The highest BCUT2D eigenvalue weighted by molar-refractivity contribution is 6.05. The second kappa shape index (κ2) is 8.98. The lowest BCUT2D eigenvalue weighted by molar-refractivity contribution is 0.101. The number of halogens is 1. The Morgan fingerprint density at radius 2 is 1.89 bits per heavy atom. The van der Waals surface area contributed by atoms with Crippen molar-refractivity contribution < 1.29 is 18.7 Å². The number of H-pyrrole nitrogens is 1. The Kier molecular flexibility index (Phi) is 6.21. The SMILES string of the molecule is CC(=O)c1ccc(NC(=O)Nc2n[nH]c3ccc(OCCCCF)cc23)cc1. The Labute approximate surface area is 161 Å². The zero-order chi connectivity index (χ0) is 19.9. The van der Waals surface area contributed by atoms with E-state index in [-0.39, 0.29) is 12.5 Å². The van der Waals surface area contributed by atoms with E-state index in [1.165, 1.54) is 6.92 Å². The van der Waals surface area contributed by atoms with E-state index in [9.17, 15) is 14.0 Å². The van der Waals surface area contributed by atoms with Crippen LogP contribution in [0, 0.1) is 0 Å². The summed E-state index contributed by atoms with van der Waals surface area (Å²) in [4.78, 5) is 23.6. The summed E-state index contributed by atoms with van der Waals surface area (Å²) in [5.41, 5.74) is 1.87. The first-order valence-corrected chi connectivity index (χ1v) is 8.92. The third-order valence-electron chi connectivity index (χ3n) is 4.11. The van der Waals surface area contributed by atoms with Crippen molar-refractivity contribution in [2.75, 3.05) is 23.9 Å². The molecule has 0 atom stereocenters. The van der Waals surface area contributed by atoms with Gasteiger partial charge in [0.1, 0.15) is 5.75 Å². The number of amides is 2. The van der Waals surface area contributed by atoms with Crippen LogP contribution in [-0.4, -0.2) is 35.3 Å². The van der Waals surface area contributed by atoms with Gasteiger partial charge in [-0.2, -0.15) is 5.10 Å². The molecule has 1 heterocycles. The molecule has 3 aromatic rings. The van der Waals surface area contributed by atoms with Gasteiger partial charge in [-0.25, -0.2) is 4.79 Å². The first-order chi connectivity index (χ1) is 13.6. The maximum atomic E-state index is 12.3. The first-order valence-electron chi connectivity index (χ1n) is 8.92. The number of aromatic amines is 1. The van der Waals surface area contributed by atoms with Gasteiger partial charge in [-0.3, -0.25) is 19.6 Å². The Bertz CT molecular complexity index is 969. The summed E-state index contributed by atoms with van der Waals surface area (Å²) in [6.45, 7) is 1.55. The Balaban J connectivity index is 1.65. The number of urea groups is 1. The quantitative estimate of drug-likeness (QED) is 0.392. The topological polar surface area (TPSA) is 96.1 Å². The molecule has 8 heteroatoms. The molecular formula is C20H21FN4O3. The van der Waals surface area contributed by atoms with Crippen molar-refractivity contribution >= 4 is 34.2 Å². The Hall–Kier alpha value is -3.42. The van der Waals surface area contributed by atoms with Crippen LogP contribution in [0.2, 0.25) is 0 Å². The molecule has 0 radical (unpaired) electrons. The number of ether oxygens (including phenoxy) is 1. The summed E-state index contributed by atoms with van der Waals surface area (Å²) in [6, 6.07) is 11.5. The number of nitrogens with one attached hydrogen (secondary N) is 3. The number of benzene rings is 2. The predicted molar refractivity (Wildman–Crippen MR) is 106 cm³/mol. The number of hydrogen-bond acceptors (Lipinski definition) is 4. The third-order valence-corrected chi connectivity index (χ3v) is 4.11. The smallest absolute Gasteiger partial charge is 0.324 e. The van der Waals surface area contributed by atoms with Crippen LogP contribution in [-0.2, 0) is 0 Å². The fourth-order valence-corrected chi connectivity index (χ4v) is 2.62. The summed E-state index contributed by atoms with van der Waals surface area (Å²) in [6.07, 6.45) is 1.10. The van der Waals surface area contributed by atoms with Crippen LogP contribution in [0.3, 0.4) is 0 Å². The van der Waals surface area contributed by atoms with Crippen LogP contribution in [0.25, 0.3) is 10.9 Å². The molecule has 0 saturated heterocycles. The molecule has 0 aliphatic heterocycles. The van der Waals surface area contributed by atoms with Crippen LogP contribution < -0.4 is 15.4 Å². The highest BCUT2D eigenvalue weighted by Crippen LogP contribution is 2.25. The zero-order valence-corrected chi connectivity index (χ0v) is 15.4. The number of alkyl halides is 1. The van der Waals surface area contributed by atoms with E-state index in [2.05, 4.69) is 20.8 Å². The number of nitrogens with zero attached hydrogens (tertiary/aromatic N) is 1. The maximum Gasteiger partial charge on any atom is 0.324 e. The average molecular weight is 384 g/mol. The minimum atomic E-state index is -0.460. The fourth-order valence-electron chi connectivity index (χ4n) is 2.62. The van der Waals surface area contributed by atoms with E-state index < -0.39 is 6.03 Å². The van der Waals surface area contributed by atoms with Gasteiger partial charge in [0, 0.05) is 16.6 Å². The molecule has 28 heavy (non-hydrogen) atoms. The molecule has 0 aliphatic rings. The molecule has 3 rings (SSSR count). The molecule has 2 aromatic carbocycles. The normalized spacial score (nSPS) is 10.6. The highest BCUT2D eigenvalue weighted by Gasteiger charge is 2.11. The molecule has 0 spiro atoms. The number of Topliss-reactive ketones (excluding diaryl/α,β-unsaturated/α-hetero) is 1. The van der Waals surface area contributed by atoms with Crippen LogP contribution in [0.5, 0.6) is 5.75 Å². The Morgan fingerprint density at radius 1 is 1.11 bits per heavy atom. The third kappa shape index (κ3) is 4.85. The molecule has 0 unspecified atom stereocenters. The van der Waals surface area contributed by atoms with Gasteiger partial charge in [-0.1, -0.05) is 0 Å². The summed E-state index contributed by atoms with van der Waals surface area (Å²) in [7, 11) is 0. The van der Waals surface area contributed by atoms with E-state index in [4.69, 9.17) is 4.74 Å². The molecule has 0 fully saturated rings. The van der Waals surface area contributed by atoms with Crippen molar-refractivity contribution in [1.29, 1.82) is 0 Å². The minimum Gasteiger partial charge on any atom is -0.494 e. The Morgan fingerprint density at radius 3 is 2.61 bits per heavy atom. The number of ketones is 1. The van der Waals surface area contributed by atoms with E-state index in [0.29, 0.717) is 47.7 Å². The lowest BCUT2D eigenvalue weighted by atomic mass is 10.1. The monoisotopic (exact) mass is 384 g/mol. The second-order valence-corrected chi connectivity index (χ2v) is 6.24. The number of unbranched alkanes of at least 4 members (excludes halogenated alkanes) is 1. The number of carbonyl (C=O) groups is 2. The van der Waals surface area contributed by atoms with Gasteiger partial charge >= 0.3 is 6.03 Å². The fraction of sp³-hybridized carbons (Fsp3) is 0.250. The van der Waals surface area contributed by atoms with Crippen molar-refractivity contribution in [2.45, 2.75) is 19.8 Å². The minimum absolute atomic E-state index is 0.0401. The number of anilines is 2. The van der Waals surface area contributed by atoms with Crippen LogP contribution in [0.1, 0.15) is 30.1 Å². The molecule has 7 nitrogen and oxygen atoms in total. The van der Waals surface area contributed by atoms with Crippen LogP contribution in [0.15, 0.2) is 42.5 Å². The van der Waals surface area contributed by atoms with Crippen molar-refractivity contribution in [3.05, 3.63) is 48.0 Å². The molecular weight excluding hydrogens is 363 g/mol. The van der Waals surface area contributed by atoms with Gasteiger partial charge in [0.05, 0.1) is 18.8 Å². The summed E-state index contributed by atoms with van der Waals surface area (Å²) < 4.78 is 17.7. The van der Waals surface area contributed by atoms with Gasteiger partial charge in [0.15, 0.2) is 11.6 Å². The van der Waals surface area contributed by atoms with Crippen molar-refractivity contribution in [3.8, 4) is 5.75 Å². The standard InChI is InChI=1S/C20H21FN4O3/c1-13(26)14-4-6-15(7-5-14)22-20(27)23-19-17-12-16(28-11-3-2-10-21)8-9-18(17)24-25-19/h4-9,12H,2-3,10-11H2,1H3,(H3,22,23,24,25,27). The van der Waals surface area contributed by atoms with E-state index in [1.54, 1.807) is 42.5 Å². The van der Waals surface area contributed by atoms with Gasteiger partial charge in [0.2, 0.25) is 0 Å². The summed E-state index contributed by atoms with van der Waals surface area (Å²) >= 11 is 0. The molecule has 3 N–H and O–H groups in total. The van der Waals surface area contributed by atoms with E-state index in [0.717, 1.165) is 5.52 Å². The molecule has 0 saturated carbocycles. The van der Waals surface area contributed by atoms with Crippen LogP contribution >= 0.6 is 0 Å². The average Bonchev–Trinajstić information content (AvgIpc) is 3.07. The van der Waals surface area contributed by atoms with Gasteiger partial charge in [-0.05, 0) is 62.2 Å². The molecule has 1 aromatic heterocycles. The lowest BCUT2D eigenvalue weighted by Crippen LogP contribution is -2.19. The molecule has 0 aliphatic carbocycles. The number of carbonyl (C=O) groups excluding carboxylic acids is 2. The van der Waals surface area contributed by atoms with Crippen molar-refractivity contribution in [1.82, 2.24) is 10.2 Å². The van der Waals surface area contributed by atoms with Gasteiger partial charge in [-0.15, -0.1) is 0 Å². The molecule has 2 amide bonds. The predicted octanol–water partition coefficient (Wildman–Crippen LogP) is 4.54. The summed E-state index contributed by atoms with van der Waals surface area (Å²) in [5, 5.41) is 13.0. The number of aromatic nitrogens is 2. The van der Waals surface area contributed by atoms with E-state index >= 15 is 0 Å². The number of rotatable bonds is 8. The van der Waals surface area contributed by atoms with Gasteiger partial charge in [0.25, 0.3) is 0 Å². The largest absolute Gasteiger partial charge is 0.494 e. The second-order valence-electron chi connectivity index (χ2n) is 6.24. The zero-order valence-electron chi connectivity index (χ0n) is 15.4. The highest BCUT2D eigenvalue weighted by atomic mass is 19.1. The molecule has 0 bridgehead atoms. The number of hydrogen-bond donors (Lipinski definition) is 3. The molecule has 146 valence electrons. The van der Waals surface area contributed by atoms with Crippen molar-refractivity contribution in [3.63, 3.8) is 0 Å². The van der Waals surface area contributed by atoms with Crippen LogP contribution in [0.4, 0.5) is 20.7 Å². The maximum absolute atomic E-state index is 12.3. The summed E-state index contributed by atoms with van der Waals surface area (Å²) in [5.74, 6) is 0.944. The first kappa shape index (κ1) is 19.3. The van der Waals surface area contributed by atoms with Gasteiger partial charge < -0.3 is 10.1 Å². The van der Waals surface area contributed by atoms with E-state index in [1.807, 2.05) is 0 Å². The number of fused-ring (bicyclic) bond motifs is 1. The lowest BCUT2D eigenvalue weighted by Gasteiger charge is -2.08.